The molecule has 0 aromatic carbocycles. The first-order valence-electron chi connectivity index (χ1n) is 3.52. The average Bonchev–Trinajstić information content (AvgIpc) is 2.64. The van der Waals surface area contributed by atoms with Crippen LogP contribution in [0.5, 0.6) is 0 Å². The molecule has 0 aliphatic heterocycles. The molecule has 1 aromatic rings. The molecule has 58 valence electrons. The molecule has 1 aliphatic rings. The second-order valence-corrected chi connectivity index (χ2v) is 3.09. The molecule has 4 heteroatoms. The molecule has 11 heavy (non-hydrogen) atoms. The fourth-order valence-corrected chi connectivity index (χ4v) is 1.22. The lowest BCUT2D eigenvalue weighted by atomic mass is 10.3. The quantitative estimate of drug-likeness (QED) is 0.646. The van der Waals surface area contributed by atoms with E-state index in [1.54, 1.807) is 0 Å². The lowest BCUT2D eigenvalue weighted by Gasteiger charge is -1.94. The van der Waals surface area contributed by atoms with Crippen LogP contribution in [0.15, 0.2) is 10.9 Å². The Morgan fingerprint density at radius 1 is 1.64 bits per heavy atom. The van der Waals surface area contributed by atoms with Crippen molar-refractivity contribution >= 4 is 11.6 Å². The van der Waals surface area contributed by atoms with E-state index in [9.17, 15) is 4.79 Å². The highest BCUT2D eigenvalue weighted by atomic mass is 35.5. The van der Waals surface area contributed by atoms with Crippen LogP contribution in [0.4, 0.5) is 0 Å². The first-order valence-corrected chi connectivity index (χ1v) is 3.90. The van der Waals surface area contributed by atoms with Gasteiger partial charge < -0.3 is 0 Å². The molecule has 0 bridgehead atoms. The van der Waals surface area contributed by atoms with Gasteiger partial charge in [0, 0.05) is 12.0 Å². The van der Waals surface area contributed by atoms with Crippen molar-refractivity contribution in [3.8, 4) is 0 Å². The normalized spacial score (nSPS) is 16.8. The van der Waals surface area contributed by atoms with Crippen molar-refractivity contribution in [1.82, 2.24) is 9.97 Å². The minimum atomic E-state index is -0.160. The van der Waals surface area contributed by atoms with E-state index < -0.39 is 0 Å². The maximum atomic E-state index is 10.9. The molecule has 1 saturated carbocycles. The van der Waals surface area contributed by atoms with Crippen molar-refractivity contribution in [1.29, 1.82) is 0 Å². The summed E-state index contributed by atoms with van der Waals surface area (Å²) in [7, 11) is 0. The molecule has 0 spiro atoms. The Balaban J connectivity index is 2.47. The van der Waals surface area contributed by atoms with Crippen LogP contribution >= 0.6 is 11.6 Å². The van der Waals surface area contributed by atoms with Crippen LogP contribution in [0.2, 0.25) is 5.28 Å². The highest BCUT2D eigenvalue weighted by Crippen LogP contribution is 2.38. The van der Waals surface area contributed by atoms with E-state index in [0.717, 1.165) is 18.5 Å². The van der Waals surface area contributed by atoms with Gasteiger partial charge in [0.05, 0.1) is 5.69 Å². The van der Waals surface area contributed by atoms with Crippen molar-refractivity contribution in [2.75, 3.05) is 0 Å². The van der Waals surface area contributed by atoms with Crippen LogP contribution in [0.3, 0.4) is 0 Å². The van der Waals surface area contributed by atoms with Crippen LogP contribution in [0.25, 0.3) is 0 Å². The highest BCUT2D eigenvalue weighted by molar-refractivity contribution is 6.28. The zero-order chi connectivity index (χ0) is 7.84. The molecule has 0 unspecified atom stereocenters. The second-order valence-electron chi connectivity index (χ2n) is 2.74. The van der Waals surface area contributed by atoms with Crippen LogP contribution in [-0.4, -0.2) is 9.97 Å². The Morgan fingerprint density at radius 3 is 2.91 bits per heavy atom. The van der Waals surface area contributed by atoms with Gasteiger partial charge in [0.25, 0.3) is 5.56 Å². The van der Waals surface area contributed by atoms with E-state index in [0.29, 0.717) is 5.92 Å². The topological polar surface area (TPSA) is 45.8 Å². The SMILES string of the molecule is O=c1cc(C2CC2)nc(Cl)[nH]1. The van der Waals surface area contributed by atoms with Gasteiger partial charge in [-0.15, -0.1) is 0 Å². The third-order valence-corrected chi connectivity index (χ3v) is 1.91. The maximum absolute atomic E-state index is 10.9. The summed E-state index contributed by atoms with van der Waals surface area (Å²) in [5, 5.41) is 0.194. The Bertz CT molecular complexity index is 329. The van der Waals surface area contributed by atoms with Gasteiger partial charge in [0.15, 0.2) is 0 Å². The van der Waals surface area contributed by atoms with Crippen LogP contribution in [-0.2, 0) is 0 Å². The zero-order valence-electron chi connectivity index (χ0n) is 5.80. The van der Waals surface area contributed by atoms with Gasteiger partial charge in [-0.05, 0) is 24.4 Å². The van der Waals surface area contributed by atoms with E-state index in [2.05, 4.69) is 9.97 Å². The zero-order valence-corrected chi connectivity index (χ0v) is 6.56. The van der Waals surface area contributed by atoms with Crippen LogP contribution in [0.1, 0.15) is 24.5 Å². The van der Waals surface area contributed by atoms with Gasteiger partial charge in [-0.3, -0.25) is 9.78 Å². The summed E-state index contributed by atoms with van der Waals surface area (Å²) >= 11 is 5.56. The van der Waals surface area contributed by atoms with Gasteiger partial charge in [-0.25, -0.2) is 4.98 Å². The summed E-state index contributed by atoms with van der Waals surface area (Å²) in [4.78, 5) is 17.3. The fraction of sp³-hybridized carbons (Fsp3) is 0.429. The second kappa shape index (κ2) is 2.34. The molecule has 0 atom stereocenters. The third kappa shape index (κ3) is 1.43. The lowest BCUT2D eigenvalue weighted by Crippen LogP contribution is -2.07. The van der Waals surface area contributed by atoms with Gasteiger partial charge in [-0.1, -0.05) is 0 Å². The predicted molar refractivity (Wildman–Crippen MR) is 41.8 cm³/mol. The summed E-state index contributed by atoms with van der Waals surface area (Å²) in [5.74, 6) is 0.481. The number of hydrogen-bond acceptors (Lipinski definition) is 2. The number of nitrogens with zero attached hydrogens (tertiary/aromatic N) is 1. The number of rotatable bonds is 1. The number of aromatic nitrogens is 2. The Labute approximate surface area is 68.4 Å². The Hall–Kier alpha value is -0.830. The number of H-pyrrole nitrogens is 1. The molecule has 0 saturated heterocycles. The molecule has 1 aliphatic carbocycles. The summed E-state index contributed by atoms with van der Waals surface area (Å²) in [6, 6.07) is 1.52. The smallest absolute Gasteiger partial charge is 0.252 e. The summed E-state index contributed by atoms with van der Waals surface area (Å²) in [5.41, 5.74) is 0.672. The molecule has 1 aromatic heterocycles. The summed E-state index contributed by atoms with van der Waals surface area (Å²) in [6.45, 7) is 0. The summed E-state index contributed by atoms with van der Waals surface area (Å²) < 4.78 is 0. The number of hydrogen-bond donors (Lipinski definition) is 1. The van der Waals surface area contributed by atoms with E-state index in [4.69, 9.17) is 11.6 Å². The van der Waals surface area contributed by atoms with E-state index in [1.165, 1.54) is 6.07 Å². The van der Waals surface area contributed by atoms with Crippen molar-refractivity contribution < 1.29 is 0 Å². The summed E-state index contributed by atoms with van der Waals surface area (Å²) in [6.07, 6.45) is 2.26. The van der Waals surface area contributed by atoms with Gasteiger partial charge >= 0.3 is 0 Å². The molecule has 2 rings (SSSR count). The Kier molecular flexibility index (Phi) is 1.46. The van der Waals surface area contributed by atoms with Crippen molar-refractivity contribution in [2.24, 2.45) is 0 Å². The molecule has 1 fully saturated rings. The van der Waals surface area contributed by atoms with E-state index >= 15 is 0 Å². The van der Waals surface area contributed by atoms with Crippen LogP contribution < -0.4 is 5.56 Å². The fourth-order valence-electron chi connectivity index (χ4n) is 1.03. The predicted octanol–water partition coefficient (Wildman–Crippen LogP) is 1.30. The third-order valence-electron chi connectivity index (χ3n) is 1.73. The standard InChI is InChI=1S/C7H7ClN2O/c8-7-9-5(4-1-2-4)3-6(11)10-7/h3-4H,1-2H2,(H,9,10,11). The molecule has 0 amide bonds. The van der Waals surface area contributed by atoms with Crippen molar-refractivity contribution in [3.63, 3.8) is 0 Å². The Morgan fingerprint density at radius 2 is 2.36 bits per heavy atom. The average molecular weight is 171 g/mol. The van der Waals surface area contributed by atoms with Crippen LogP contribution in [0, 0.1) is 0 Å². The molecular formula is C7H7ClN2O. The number of aromatic amines is 1. The van der Waals surface area contributed by atoms with Gasteiger partial charge in [-0.2, -0.15) is 0 Å². The first kappa shape index (κ1) is 6.85. The molecular weight excluding hydrogens is 164 g/mol. The number of halogens is 1. The molecule has 1 N–H and O–H groups in total. The minimum Gasteiger partial charge on any atom is -0.297 e. The first-order chi connectivity index (χ1) is 5.25. The largest absolute Gasteiger partial charge is 0.297 e. The monoisotopic (exact) mass is 170 g/mol. The lowest BCUT2D eigenvalue weighted by molar-refractivity contribution is 0.970. The van der Waals surface area contributed by atoms with E-state index in [-0.39, 0.29) is 10.8 Å². The maximum Gasteiger partial charge on any atom is 0.252 e. The van der Waals surface area contributed by atoms with Gasteiger partial charge in [0.2, 0.25) is 5.28 Å². The number of nitrogens with one attached hydrogen (secondary N) is 1. The minimum absolute atomic E-state index is 0.160. The highest BCUT2D eigenvalue weighted by Gasteiger charge is 2.25. The molecule has 0 radical (unpaired) electrons. The van der Waals surface area contributed by atoms with E-state index in [1.807, 2.05) is 0 Å². The molecule has 1 heterocycles. The molecule has 3 nitrogen and oxygen atoms in total. The van der Waals surface area contributed by atoms with Gasteiger partial charge in [0.1, 0.15) is 0 Å². The van der Waals surface area contributed by atoms with Crippen molar-refractivity contribution in [3.05, 3.63) is 27.4 Å². The van der Waals surface area contributed by atoms with Crippen molar-refractivity contribution in [2.45, 2.75) is 18.8 Å².